The molecule has 17 heavy (non-hydrogen) atoms. The molecule has 0 amide bonds. The molecular weight excluding hydrogens is 228 g/mol. The van der Waals surface area contributed by atoms with Gasteiger partial charge in [-0.2, -0.15) is 0 Å². The second-order valence-electron chi connectivity index (χ2n) is 3.87. The summed E-state index contributed by atoms with van der Waals surface area (Å²) < 4.78 is 1.24. The quantitative estimate of drug-likeness (QED) is 0.476. The zero-order chi connectivity index (χ0) is 13.0. The van der Waals surface area contributed by atoms with Crippen molar-refractivity contribution in [3.63, 3.8) is 0 Å². The van der Waals surface area contributed by atoms with Crippen LogP contribution >= 0.6 is 0 Å². The van der Waals surface area contributed by atoms with E-state index in [1.165, 1.54) is 10.8 Å². The Morgan fingerprint density at radius 3 is 2.59 bits per heavy atom. The molecule has 1 heterocycles. The van der Waals surface area contributed by atoms with Crippen molar-refractivity contribution in [2.75, 3.05) is 6.61 Å². The third-order valence-corrected chi connectivity index (χ3v) is 2.49. The van der Waals surface area contributed by atoms with Gasteiger partial charge in [0.15, 0.2) is 0 Å². The van der Waals surface area contributed by atoms with Crippen LogP contribution in [0.4, 0.5) is 0 Å². The van der Waals surface area contributed by atoms with E-state index in [2.05, 4.69) is 4.98 Å². The van der Waals surface area contributed by atoms with E-state index in [0.717, 1.165) is 0 Å². The van der Waals surface area contributed by atoms with E-state index in [1.807, 2.05) is 0 Å². The van der Waals surface area contributed by atoms with Crippen LogP contribution in [-0.2, 0) is 6.54 Å². The number of aryl methyl sites for hydroxylation is 2. The fourth-order valence-corrected chi connectivity index (χ4v) is 1.37. The van der Waals surface area contributed by atoms with Crippen LogP contribution in [0, 0.1) is 6.92 Å². The fraction of sp³-hybridized carbons (Fsp3) is 0.600. The average molecular weight is 244 g/mol. The van der Waals surface area contributed by atoms with Crippen LogP contribution in [-0.4, -0.2) is 43.7 Å². The highest BCUT2D eigenvalue weighted by Gasteiger charge is 2.15. The van der Waals surface area contributed by atoms with E-state index in [9.17, 15) is 14.7 Å². The smallest absolute Gasteiger partial charge is 0.328 e. The first-order valence-corrected chi connectivity index (χ1v) is 5.23. The summed E-state index contributed by atoms with van der Waals surface area (Å²) in [6.07, 6.45) is -0.847. The van der Waals surface area contributed by atoms with Crippen LogP contribution in [0.15, 0.2) is 15.8 Å². The van der Waals surface area contributed by atoms with Crippen molar-refractivity contribution in [1.82, 2.24) is 9.55 Å². The third-order valence-electron chi connectivity index (χ3n) is 2.49. The molecular formula is C10H16N2O5. The maximum absolute atomic E-state index is 11.4. The van der Waals surface area contributed by atoms with E-state index < -0.39 is 30.1 Å². The molecule has 0 spiro atoms. The minimum absolute atomic E-state index is 0.104. The lowest BCUT2D eigenvalue weighted by molar-refractivity contribution is -0.0194. The molecule has 1 aromatic rings. The largest absolute Gasteiger partial charge is 0.394 e. The number of H-pyrrole nitrogens is 1. The lowest BCUT2D eigenvalue weighted by Crippen LogP contribution is -2.34. The number of aromatic amines is 1. The summed E-state index contributed by atoms with van der Waals surface area (Å²) in [6.45, 7) is 1.17. The molecule has 96 valence electrons. The SMILES string of the molecule is Cc1cn(CCC(O)C(O)CO)c(=O)[nH]c1=O. The molecule has 0 aliphatic heterocycles. The van der Waals surface area contributed by atoms with Crippen LogP contribution in [0.5, 0.6) is 0 Å². The van der Waals surface area contributed by atoms with Gasteiger partial charge in [-0.05, 0) is 13.3 Å². The zero-order valence-corrected chi connectivity index (χ0v) is 9.46. The van der Waals surface area contributed by atoms with E-state index in [1.54, 1.807) is 6.92 Å². The van der Waals surface area contributed by atoms with E-state index in [-0.39, 0.29) is 13.0 Å². The molecule has 7 heteroatoms. The number of aliphatic hydroxyl groups excluding tert-OH is 3. The van der Waals surface area contributed by atoms with Crippen LogP contribution in [0.3, 0.4) is 0 Å². The van der Waals surface area contributed by atoms with Gasteiger partial charge in [0, 0.05) is 18.3 Å². The number of aromatic nitrogens is 2. The predicted octanol–water partition coefficient (Wildman–Crippen LogP) is -2.05. The molecule has 4 N–H and O–H groups in total. The third kappa shape index (κ3) is 3.52. The minimum Gasteiger partial charge on any atom is -0.394 e. The molecule has 7 nitrogen and oxygen atoms in total. The van der Waals surface area contributed by atoms with Gasteiger partial charge in [-0.25, -0.2) is 4.79 Å². The summed E-state index contributed by atoms with van der Waals surface area (Å²) >= 11 is 0. The van der Waals surface area contributed by atoms with Crippen LogP contribution in [0.1, 0.15) is 12.0 Å². The van der Waals surface area contributed by atoms with Crippen molar-refractivity contribution >= 4 is 0 Å². The van der Waals surface area contributed by atoms with Crippen LogP contribution in [0.25, 0.3) is 0 Å². The fourth-order valence-electron chi connectivity index (χ4n) is 1.37. The van der Waals surface area contributed by atoms with Crippen molar-refractivity contribution in [2.45, 2.75) is 32.1 Å². The van der Waals surface area contributed by atoms with Gasteiger partial charge in [0.1, 0.15) is 6.10 Å². The van der Waals surface area contributed by atoms with Gasteiger partial charge in [-0.15, -0.1) is 0 Å². The first kappa shape index (κ1) is 13.6. The molecule has 0 bridgehead atoms. The maximum atomic E-state index is 11.4. The number of nitrogens with one attached hydrogen (secondary N) is 1. The van der Waals surface area contributed by atoms with Crippen molar-refractivity contribution in [3.05, 3.63) is 32.6 Å². The Labute approximate surface area is 97.0 Å². The normalized spacial score (nSPS) is 14.6. The average Bonchev–Trinajstić information content (AvgIpc) is 2.30. The Bertz CT molecular complexity index is 478. The summed E-state index contributed by atoms with van der Waals surface area (Å²) in [4.78, 5) is 24.6. The Balaban J connectivity index is 2.73. The molecule has 2 atom stereocenters. The molecule has 0 saturated carbocycles. The summed E-state index contributed by atoms with van der Waals surface area (Å²) in [5.74, 6) is 0. The molecule has 0 aromatic carbocycles. The summed E-state index contributed by atoms with van der Waals surface area (Å²) in [5.41, 5.74) is -0.615. The molecule has 1 rings (SSSR count). The summed E-state index contributed by atoms with van der Waals surface area (Å²) in [7, 11) is 0. The highest BCUT2D eigenvalue weighted by molar-refractivity contribution is 5.00. The first-order valence-electron chi connectivity index (χ1n) is 5.23. The molecule has 1 aromatic heterocycles. The van der Waals surface area contributed by atoms with Gasteiger partial charge < -0.3 is 19.9 Å². The zero-order valence-electron chi connectivity index (χ0n) is 9.46. The summed E-state index contributed by atoms with van der Waals surface area (Å²) in [6, 6.07) is 0. The van der Waals surface area contributed by atoms with Crippen LogP contribution in [0.2, 0.25) is 0 Å². The van der Waals surface area contributed by atoms with E-state index >= 15 is 0 Å². The Hall–Kier alpha value is -1.44. The number of aliphatic hydroxyl groups is 3. The van der Waals surface area contributed by atoms with Crippen molar-refractivity contribution in [3.8, 4) is 0 Å². The molecule has 0 saturated heterocycles. The van der Waals surface area contributed by atoms with Gasteiger partial charge in [0.2, 0.25) is 0 Å². The molecule has 0 fully saturated rings. The Morgan fingerprint density at radius 2 is 2.00 bits per heavy atom. The topological polar surface area (TPSA) is 116 Å². The number of hydrogen-bond donors (Lipinski definition) is 4. The van der Waals surface area contributed by atoms with Gasteiger partial charge in [0.05, 0.1) is 12.7 Å². The maximum Gasteiger partial charge on any atom is 0.328 e. The standard InChI is InChI=1S/C10H16N2O5/c1-6-4-12(10(17)11-9(6)16)3-2-7(14)8(15)5-13/h4,7-8,13-15H,2-3,5H2,1H3,(H,11,16,17). The predicted molar refractivity (Wildman–Crippen MR) is 59.8 cm³/mol. The number of rotatable bonds is 5. The van der Waals surface area contributed by atoms with Crippen molar-refractivity contribution < 1.29 is 15.3 Å². The van der Waals surface area contributed by atoms with E-state index in [0.29, 0.717) is 5.56 Å². The highest BCUT2D eigenvalue weighted by Crippen LogP contribution is 2.00. The second kappa shape index (κ2) is 5.76. The highest BCUT2D eigenvalue weighted by atomic mass is 16.4. The van der Waals surface area contributed by atoms with Gasteiger partial charge >= 0.3 is 5.69 Å². The summed E-state index contributed by atoms with van der Waals surface area (Å²) in [5, 5.41) is 27.1. The number of hydrogen-bond acceptors (Lipinski definition) is 5. The van der Waals surface area contributed by atoms with Gasteiger partial charge in [0.25, 0.3) is 5.56 Å². The Morgan fingerprint density at radius 1 is 1.35 bits per heavy atom. The minimum atomic E-state index is -1.23. The first-order chi connectivity index (χ1) is 7.95. The Kier molecular flexibility index (Phi) is 4.62. The van der Waals surface area contributed by atoms with E-state index in [4.69, 9.17) is 10.2 Å². The second-order valence-corrected chi connectivity index (χ2v) is 3.87. The van der Waals surface area contributed by atoms with Crippen molar-refractivity contribution in [1.29, 1.82) is 0 Å². The molecule has 0 radical (unpaired) electrons. The lowest BCUT2D eigenvalue weighted by Gasteiger charge is -2.15. The van der Waals surface area contributed by atoms with Gasteiger partial charge in [-0.1, -0.05) is 0 Å². The van der Waals surface area contributed by atoms with Crippen molar-refractivity contribution in [2.24, 2.45) is 0 Å². The van der Waals surface area contributed by atoms with Crippen LogP contribution < -0.4 is 11.2 Å². The number of nitrogens with zero attached hydrogens (tertiary/aromatic N) is 1. The van der Waals surface area contributed by atoms with Gasteiger partial charge in [-0.3, -0.25) is 9.78 Å². The molecule has 2 unspecified atom stereocenters. The lowest BCUT2D eigenvalue weighted by atomic mass is 10.1. The monoisotopic (exact) mass is 244 g/mol. The molecule has 0 aliphatic carbocycles. The molecule has 0 aliphatic rings.